The van der Waals surface area contributed by atoms with Gasteiger partial charge in [-0.05, 0) is 65.6 Å². The van der Waals surface area contributed by atoms with Gasteiger partial charge in [-0.2, -0.15) is 0 Å². The second-order valence-corrected chi connectivity index (χ2v) is 8.14. The zero-order valence-electron chi connectivity index (χ0n) is 14.4. The van der Waals surface area contributed by atoms with E-state index in [1.807, 2.05) is 12.1 Å². The maximum atomic E-state index is 10.8. The van der Waals surface area contributed by atoms with Crippen LogP contribution in [0.1, 0.15) is 43.2 Å². The number of aliphatic hydroxyl groups is 1. The van der Waals surface area contributed by atoms with E-state index in [1.54, 1.807) is 6.07 Å². The fraction of sp³-hybridized carbons (Fsp3) is 0.444. The third-order valence-electron chi connectivity index (χ3n) is 5.91. The average molecular weight is 370 g/mol. The summed E-state index contributed by atoms with van der Waals surface area (Å²) in [6.45, 7) is 2.18. The molecule has 0 amide bonds. The van der Waals surface area contributed by atoms with Gasteiger partial charge in [-0.3, -0.25) is 0 Å². The van der Waals surface area contributed by atoms with E-state index >= 15 is 0 Å². The number of aryl methyl sites for hydroxylation is 1. The Bertz CT molecular complexity index is 926. The van der Waals surface area contributed by atoms with Crippen molar-refractivity contribution in [3.63, 3.8) is 0 Å². The predicted octanol–water partition coefficient (Wildman–Crippen LogP) is -0.126. The van der Waals surface area contributed by atoms with Gasteiger partial charge in [0.25, 0.3) is 10.4 Å². The molecule has 2 aliphatic carbocycles. The van der Waals surface area contributed by atoms with Crippen molar-refractivity contribution in [1.29, 1.82) is 0 Å². The first-order chi connectivity index (χ1) is 11.3. The molecule has 0 aliphatic heterocycles. The van der Waals surface area contributed by atoms with Crippen molar-refractivity contribution in [2.75, 3.05) is 0 Å². The van der Waals surface area contributed by atoms with Crippen molar-refractivity contribution in [3.8, 4) is 5.75 Å². The van der Waals surface area contributed by atoms with Crippen LogP contribution in [0.25, 0.3) is 10.8 Å². The number of hydrogen-bond donors (Lipinski definition) is 1. The van der Waals surface area contributed by atoms with Crippen LogP contribution >= 0.6 is 0 Å². The van der Waals surface area contributed by atoms with Crippen molar-refractivity contribution < 1.29 is 51.8 Å². The molecule has 2 aliphatic rings. The number of hydrogen-bond acceptors (Lipinski definition) is 5. The van der Waals surface area contributed by atoms with Crippen LogP contribution in [0.15, 0.2) is 30.3 Å². The first-order valence-corrected chi connectivity index (χ1v) is 9.50. The van der Waals surface area contributed by atoms with Gasteiger partial charge < -0.3 is 13.8 Å². The summed E-state index contributed by atoms with van der Waals surface area (Å²) in [6.07, 6.45) is 3.41. The third kappa shape index (κ3) is 3.24. The molecule has 2 aromatic carbocycles. The zero-order chi connectivity index (χ0) is 17.1. The molecule has 0 unspecified atom stereocenters. The average Bonchev–Trinajstić information content (AvgIpc) is 2.81. The summed E-state index contributed by atoms with van der Waals surface area (Å²) >= 11 is 0. The van der Waals surface area contributed by atoms with Crippen LogP contribution in [0, 0.1) is 5.41 Å². The Balaban J connectivity index is 0.00000182. The Hall–Kier alpha value is -0.630. The normalized spacial score (nSPS) is 28.1. The summed E-state index contributed by atoms with van der Waals surface area (Å²) in [5, 5.41) is 12.3. The Kier molecular flexibility index (Phi) is 4.99. The van der Waals surface area contributed by atoms with E-state index < -0.39 is 10.4 Å². The van der Waals surface area contributed by atoms with Crippen molar-refractivity contribution in [2.45, 2.75) is 44.6 Å². The Labute approximate surface area is 169 Å². The van der Waals surface area contributed by atoms with Crippen molar-refractivity contribution in [3.05, 3.63) is 41.5 Å². The summed E-state index contributed by atoms with van der Waals surface area (Å²) in [5.74, 6) is 0.396. The van der Waals surface area contributed by atoms with Gasteiger partial charge in [-0.25, -0.2) is 8.42 Å². The zero-order valence-corrected chi connectivity index (χ0v) is 17.2. The van der Waals surface area contributed by atoms with Crippen molar-refractivity contribution in [2.24, 2.45) is 5.41 Å². The van der Waals surface area contributed by atoms with E-state index in [0.29, 0.717) is 5.92 Å². The minimum absolute atomic E-state index is 0. The molecule has 0 aromatic heterocycles. The predicted molar refractivity (Wildman–Crippen MR) is 88.7 cm³/mol. The number of fused-ring (bicyclic) bond motifs is 5. The van der Waals surface area contributed by atoms with Crippen LogP contribution in [-0.2, 0) is 16.8 Å². The van der Waals surface area contributed by atoms with Gasteiger partial charge >= 0.3 is 29.6 Å². The fourth-order valence-corrected chi connectivity index (χ4v) is 4.97. The number of rotatable bonds is 2. The van der Waals surface area contributed by atoms with E-state index in [2.05, 4.69) is 17.2 Å². The Morgan fingerprint density at radius 1 is 1.24 bits per heavy atom. The van der Waals surface area contributed by atoms with Crippen molar-refractivity contribution in [1.82, 2.24) is 0 Å². The largest absolute Gasteiger partial charge is 1.00 e. The smallest absolute Gasteiger partial charge is 0.716 e. The third-order valence-corrected chi connectivity index (χ3v) is 6.31. The van der Waals surface area contributed by atoms with Gasteiger partial charge in [-0.15, -0.1) is 0 Å². The fourth-order valence-electron chi connectivity index (χ4n) is 4.63. The summed E-state index contributed by atoms with van der Waals surface area (Å²) in [4.78, 5) is 0. The molecular formula is C18H19NaO5S. The van der Waals surface area contributed by atoms with Crippen LogP contribution in [0.5, 0.6) is 5.75 Å². The van der Waals surface area contributed by atoms with E-state index in [4.69, 9.17) is 0 Å². The van der Waals surface area contributed by atoms with Crippen molar-refractivity contribution >= 4 is 21.2 Å². The molecule has 25 heavy (non-hydrogen) atoms. The second-order valence-electron chi connectivity index (χ2n) is 7.16. The molecule has 7 heteroatoms. The SMILES string of the molecule is C[C@]12CCc3c(ccc4cc(OS(=O)(=O)[O-])ccc34)[C@@H]1CC[C@@H]2O.[Na+]. The standard InChI is InChI=1S/C18H20O5S.Na/c1-18-9-8-14-13-5-3-12(23-24(20,21)22)10-11(13)2-4-15(14)16(18)6-7-17(18)19;/h2-5,10,16-17,19H,6-9H2,1H3,(H,20,21,22);/q;+1/p-1/t16-,17-,18-;/m0./s1. The molecule has 5 nitrogen and oxygen atoms in total. The van der Waals surface area contributed by atoms with E-state index in [-0.39, 0.29) is 46.8 Å². The molecule has 4 rings (SSSR count). The molecule has 3 atom stereocenters. The quantitative estimate of drug-likeness (QED) is 0.452. The maximum absolute atomic E-state index is 10.8. The van der Waals surface area contributed by atoms with E-state index in [0.717, 1.165) is 36.5 Å². The molecule has 1 saturated carbocycles. The molecule has 1 fully saturated rings. The maximum Gasteiger partial charge on any atom is 1.00 e. The van der Waals surface area contributed by atoms with Gasteiger partial charge in [-0.1, -0.05) is 25.1 Å². The summed E-state index contributed by atoms with van der Waals surface area (Å²) in [5.41, 5.74) is 2.50. The molecule has 0 bridgehead atoms. The van der Waals surface area contributed by atoms with Gasteiger partial charge in [0.2, 0.25) is 0 Å². The first kappa shape index (κ1) is 19.1. The minimum Gasteiger partial charge on any atom is -0.716 e. The Morgan fingerprint density at radius 3 is 2.72 bits per heavy atom. The number of aliphatic hydroxyl groups excluding tert-OH is 1. The van der Waals surface area contributed by atoms with Crippen LogP contribution < -0.4 is 33.7 Å². The van der Waals surface area contributed by atoms with Crippen LogP contribution in [0.2, 0.25) is 0 Å². The molecular weight excluding hydrogens is 351 g/mol. The molecule has 0 spiro atoms. The van der Waals surface area contributed by atoms with Crippen LogP contribution in [-0.4, -0.2) is 24.2 Å². The summed E-state index contributed by atoms with van der Waals surface area (Å²) in [7, 11) is -4.77. The monoisotopic (exact) mass is 370 g/mol. The van der Waals surface area contributed by atoms with Gasteiger partial charge in [0, 0.05) is 5.41 Å². The van der Waals surface area contributed by atoms with Gasteiger partial charge in [0.1, 0.15) is 5.75 Å². The van der Waals surface area contributed by atoms with Gasteiger partial charge in [0.15, 0.2) is 0 Å². The van der Waals surface area contributed by atoms with Gasteiger partial charge in [0.05, 0.1) is 6.10 Å². The number of benzene rings is 2. The molecule has 0 heterocycles. The molecule has 1 N–H and O–H groups in total. The topological polar surface area (TPSA) is 86.7 Å². The Morgan fingerprint density at radius 2 is 2.00 bits per heavy atom. The molecule has 128 valence electrons. The summed E-state index contributed by atoms with van der Waals surface area (Å²) < 4.78 is 36.7. The van der Waals surface area contributed by atoms with Crippen LogP contribution in [0.4, 0.5) is 0 Å². The first-order valence-electron chi connectivity index (χ1n) is 8.17. The second kappa shape index (κ2) is 6.51. The minimum atomic E-state index is -4.77. The van der Waals surface area contributed by atoms with Crippen LogP contribution in [0.3, 0.4) is 0 Å². The molecule has 0 radical (unpaired) electrons. The van der Waals surface area contributed by atoms with E-state index in [9.17, 15) is 18.1 Å². The van der Waals surface area contributed by atoms with E-state index in [1.165, 1.54) is 17.2 Å². The molecule has 0 saturated heterocycles. The molecule has 2 aromatic rings. The summed E-state index contributed by atoms with van der Waals surface area (Å²) in [6, 6.07) is 8.95.